The average molecular weight is 250 g/mol. The van der Waals surface area contributed by atoms with E-state index in [4.69, 9.17) is 9.47 Å². The van der Waals surface area contributed by atoms with E-state index in [-0.39, 0.29) is 18.5 Å². The monoisotopic (exact) mass is 250 g/mol. The van der Waals surface area contributed by atoms with Crippen LogP contribution >= 0.6 is 0 Å². The van der Waals surface area contributed by atoms with Gasteiger partial charge in [-0.1, -0.05) is 19.1 Å². The molecule has 98 valence electrons. The Kier molecular flexibility index (Phi) is 5.36. The topological polar surface area (TPSA) is 52.6 Å². The van der Waals surface area contributed by atoms with Gasteiger partial charge in [0, 0.05) is 6.42 Å². The number of hydrogen-bond acceptors (Lipinski definition) is 4. The second kappa shape index (κ2) is 6.79. The van der Waals surface area contributed by atoms with Crippen LogP contribution in [0.15, 0.2) is 24.3 Å². The first-order valence-electron chi connectivity index (χ1n) is 5.99. The number of esters is 1. The number of rotatable bonds is 6. The lowest BCUT2D eigenvalue weighted by atomic mass is 10.1. The van der Waals surface area contributed by atoms with E-state index in [1.54, 1.807) is 45.0 Å². The Morgan fingerprint density at radius 2 is 1.89 bits per heavy atom. The summed E-state index contributed by atoms with van der Waals surface area (Å²) in [5, 5.41) is 0. The van der Waals surface area contributed by atoms with Crippen LogP contribution in [0.5, 0.6) is 5.75 Å². The van der Waals surface area contributed by atoms with Crippen LogP contribution in [0.25, 0.3) is 0 Å². The summed E-state index contributed by atoms with van der Waals surface area (Å²) in [6.07, 6.45) is 0.227. The second-order valence-corrected chi connectivity index (χ2v) is 4.10. The molecule has 0 radical (unpaired) electrons. The van der Waals surface area contributed by atoms with Crippen molar-refractivity contribution in [2.75, 3.05) is 6.61 Å². The summed E-state index contributed by atoms with van der Waals surface area (Å²) in [6.45, 7) is 5.14. The molecule has 0 aliphatic carbocycles. The zero-order chi connectivity index (χ0) is 13.5. The van der Waals surface area contributed by atoms with E-state index in [1.807, 2.05) is 0 Å². The van der Waals surface area contributed by atoms with E-state index in [2.05, 4.69) is 0 Å². The minimum atomic E-state index is -0.441. The quantitative estimate of drug-likeness (QED) is 0.575. The molecule has 4 heteroatoms. The number of Topliss-reactive ketones (excluding diaryl/α,β-unsaturated/α-hetero) is 1. The highest BCUT2D eigenvalue weighted by atomic mass is 16.6. The Morgan fingerprint density at radius 1 is 1.22 bits per heavy atom. The summed E-state index contributed by atoms with van der Waals surface area (Å²) in [6, 6.07) is 6.89. The van der Waals surface area contributed by atoms with Crippen LogP contribution in [0.1, 0.15) is 37.6 Å². The molecule has 0 bridgehead atoms. The fourth-order valence-electron chi connectivity index (χ4n) is 1.45. The van der Waals surface area contributed by atoms with Gasteiger partial charge < -0.3 is 9.47 Å². The van der Waals surface area contributed by atoms with E-state index in [0.717, 1.165) is 0 Å². The summed E-state index contributed by atoms with van der Waals surface area (Å²) >= 11 is 0. The third-order valence-corrected chi connectivity index (χ3v) is 2.22. The van der Waals surface area contributed by atoms with Crippen LogP contribution in [0.2, 0.25) is 0 Å². The fraction of sp³-hybridized carbons (Fsp3) is 0.429. The van der Waals surface area contributed by atoms with Gasteiger partial charge >= 0.3 is 5.97 Å². The van der Waals surface area contributed by atoms with Crippen LogP contribution in [-0.4, -0.2) is 24.5 Å². The van der Waals surface area contributed by atoms with Crippen LogP contribution < -0.4 is 4.74 Å². The molecule has 0 unspecified atom stereocenters. The van der Waals surface area contributed by atoms with Gasteiger partial charge in [0.25, 0.3) is 0 Å². The van der Waals surface area contributed by atoms with E-state index in [1.165, 1.54) is 0 Å². The smallest absolute Gasteiger partial charge is 0.344 e. The number of carbonyl (C=O) groups excluding carboxylic acids is 2. The van der Waals surface area contributed by atoms with Gasteiger partial charge in [-0.3, -0.25) is 4.79 Å². The Balaban J connectivity index is 2.67. The molecular weight excluding hydrogens is 232 g/mol. The molecule has 0 spiro atoms. The molecule has 0 saturated carbocycles. The molecule has 1 aromatic rings. The number of ether oxygens (including phenoxy) is 2. The molecule has 0 heterocycles. The zero-order valence-corrected chi connectivity index (χ0v) is 10.9. The molecule has 1 aromatic carbocycles. The highest BCUT2D eigenvalue weighted by Crippen LogP contribution is 2.19. The lowest BCUT2D eigenvalue weighted by Gasteiger charge is -2.11. The normalized spacial score (nSPS) is 10.2. The fourth-order valence-corrected chi connectivity index (χ4v) is 1.45. The molecule has 0 aliphatic heterocycles. The minimum Gasteiger partial charge on any atom is -0.481 e. The first-order valence-corrected chi connectivity index (χ1v) is 5.99. The standard InChI is InChI=1S/C14H18O4/c1-4-12(15)11-7-5-6-8-13(11)17-9-14(16)18-10(2)3/h5-8,10H,4,9H2,1-3H3. The second-order valence-electron chi connectivity index (χ2n) is 4.10. The van der Waals surface area contributed by atoms with Crippen LogP contribution in [0, 0.1) is 0 Å². The van der Waals surface area contributed by atoms with Crippen LogP contribution in [0.4, 0.5) is 0 Å². The number of para-hydroxylation sites is 1. The molecule has 0 fully saturated rings. The Morgan fingerprint density at radius 3 is 2.50 bits per heavy atom. The van der Waals surface area contributed by atoms with Gasteiger partial charge in [-0.25, -0.2) is 4.79 Å². The highest BCUT2D eigenvalue weighted by Gasteiger charge is 2.12. The number of hydrogen-bond donors (Lipinski definition) is 0. The number of carbonyl (C=O) groups is 2. The Hall–Kier alpha value is -1.84. The minimum absolute atomic E-state index is 0.0113. The van der Waals surface area contributed by atoms with Crippen LogP contribution in [0.3, 0.4) is 0 Å². The van der Waals surface area contributed by atoms with Crippen molar-refractivity contribution >= 4 is 11.8 Å². The van der Waals surface area contributed by atoms with Crippen molar-refractivity contribution in [3.8, 4) is 5.75 Å². The summed E-state index contributed by atoms with van der Waals surface area (Å²) in [5.41, 5.74) is 0.498. The van der Waals surface area contributed by atoms with Crippen molar-refractivity contribution in [3.63, 3.8) is 0 Å². The third kappa shape index (κ3) is 4.20. The Labute approximate surface area is 107 Å². The molecule has 1 rings (SSSR count). The van der Waals surface area contributed by atoms with Crippen molar-refractivity contribution in [1.82, 2.24) is 0 Å². The molecule has 0 N–H and O–H groups in total. The predicted octanol–water partition coefficient (Wildman–Crippen LogP) is 2.61. The van der Waals surface area contributed by atoms with Gasteiger partial charge in [-0.05, 0) is 26.0 Å². The Bertz CT molecular complexity index is 424. The van der Waals surface area contributed by atoms with Crippen molar-refractivity contribution in [2.45, 2.75) is 33.3 Å². The highest BCUT2D eigenvalue weighted by molar-refractivity contribution is 5.98. The maximum atomic E-state index is 11.7. The van der Waals surface area contributed by atoms with Crippen molar-refractivity contribution in [1.29, 1.82) is 0 Å². The summed E-state index contributed by atoms with van der Waals surface area (Å²) in [7, 11) is 0. The molecular formula is C14H18O4. The van der Waals surface area contributed by atoms with E-state index < -0.39 is 5.97 Å². The van der Waals surface area contributed by atoms with Gasteiger partial charge in [0.1, 0.15) is 5.75 Å². The predicted molar refractivity (Wildman–Crippen MR) is 67.8 cm³/mol. The largest absolute Gasteiger partial charge is 0.481 e. The van der Waals surface area contributed by atoms with E-state index in [0.29, 0.717) is 17.7 Å². The van der Waals surface area contributed by atoms with Crippen LogP contribution in [-0.2, 0) is 9.53 Å². The first kappa shape index (κ1) is 14.2. The van der Waals surface area contributed by atoms with E-state index >= 15 is 0 Å². The third-order valence-electron chi connectivity index (χ3n) is 2.22. The van der Waals surface area contributed by atoms with Gasteiger partial charge in [-0.15, -0.1) is 0 Å². The zero-order valence-electron chi connectivity index (χ0n) is 10.9. The maximum absolute atomic E-state index is 11.7. The summed E-state index contributed by atoms with van der Waals surface area (Å²) < 4.78 is 10.3. The lowest BCUT2D eigenvalue weighted by molar-refractivity contribution is -0.149. The maximum Gasteiger partial charge on any atom is 0.344 e. The summed E-state index contributed by atoms with van der Waals surface area (Å²) in [5.74, 6) is -0.0309. The van der Waals surface area contributed by atoms with Crippen molar-refractivity contribution in [2.24, 2.45) is 0 Å². The van der Waals surface area contributed by atoms with Gasteiger partial charge in [-0.2, -0.15) is 0 Å². The summed E-state index contributed by atoms with van der Waals surface area (Å²) in [4.78, 5) is 23.0. The molecule has 0 atom stereocenters. The average Bonchev–Trinajstić information content (AvgIpc) is 2.35. The molecule has 0 aliphatic rings. The first-order chi connectivity index (χ1) is 8.54. The van der Waals surface area contributed by atoms with Crippen molar-refractivity contribution < 1.29 is 19.1 Å². The molecule has 0 aromatic heterocycles. The van der Waals surface area contributed by atoms with Gasteiger partial charge in [0.15, 0.2) is 12.4 Å². The molecule has 4 nitrogen and oxygen atoms in total. The van der Waals surface area contributed by atoms with Gasteiger partial charge in [0.05, 0.1) is 11.7 Å². The molecule has 0 amide bonds. The molecule has 0 saturated heterocycles. The SMILES string of the molecule is CCC(=O)c1ccccc1OCC(=O)OC(C)C. The molecule has 18 heavy (non-hydrogen) atoms. The number of ketones is 1. The van der Waals surface area contributed by atoms with E-state index in [9.17, 15) is 9.59 Å². The lowest BCUT2D eigenvalue weighted by Crippen LogP contribution is -2.19. The van der Waals surface area contributed by atoms with Crippen molar-refractivity contribution in [3.05, 3.63) is 29.8 Å². The number of benzene rings is 1. The van der Waals surface area contributed by atoms with Gasteiger partial charge in [0.2, 0.25) is 0 Å².